The van der Waals surface area contributed by atoms with E-state index in [1.165, 1.54) is 12.7 Å². The normalized spacial score (nSPS) is 22.9. The van der Waals surface area contributed by atoms with Gasteiger partial charge >= 0.3 is 6.41 Å². The predicted octanol–water partition coefficient (Wildman–Crippen LogP) is 0.0694. The summed E-state index contributed by atoms with van der Waals surface area (Å²) in [6, 6.07) is 0. The molecule has 0 fully saturated rings. The molecule has 0 aromatic heterocycles. The first-order chi connectivity index (χ1) is 4.43. The molecular formula is C6H6NO2. The second kappa shape index (κ2) is 2.91. The number of ether oxygens (including phenoxy) is 1. The zero-order valence-corrected chi connectivity index (χ0v) is 4.70. The fourth-order valence-corrected chi connectivity index (χ4v) is 0.526. The van der Waals surface area contributed by atoms with Crippen molar-refractivity contribution in [1.29, 1.82) is 0 Å². The van der Waals surface area contributed by atoms with Crippen LogP contribution in [0.5, 0.6) is 0 Å². The Balaban J connectivity index is 2.36. The molecule has 0 saturated carbocycles. The SMILES string of the molecule is O=[C]NC1C=CC=CO1. The van der Waals surface area contributed by atoms with Crippen LogP contribution in [0.1, 0.15) is 0 Å². The third-order valence-electron chi connectivity index (χ3n) is 0.902. The summed E-state index contributed by atoms with van der Waals surface area (Å²) in [5, 5.41) is 2.32. The van der Waals surface area contributed by atoms with Gasteiger partial charge in [0.15, 0.2) is 6.23 Å². The molecule has 1 radical (unpaired) electrons. The lowest BCUT2D eigenvalue weighted by Crippen LogP contribution is -2.27. The molecule has 0 aromatic rings. The Morgan fingerprint density at radius 1 is 1.56 bits per heavy atom. The van der Waals surface area contributed by atoms with Crippen molar-refractivity contribution in [3.63, 3.8) is 0 Å². The Hall–Kier alpha value is -1.25. The minimum absolute atomic E-state index is 0.340. The van der Waals surface area contributed by atoms with Crippen LogP contribution in [0.15, 0.2) is 24.5 Å². The molecule has 9 heavy (non-hydrogen) atoms. The number of rotatable bonds is 2. The van der Waals surface area contributed by atoms with Gasteiger partial charge in [0.25, 0.3) is 0 Å². The highest BCUT2D eigenvalue weighted by Crippen LogP contribution is 1.96. The summed E-state index contributed by atoms with van der Waals surface area (Å²) in [4.78, 5) is 9.70. The second-order valence-corrected chi connectivity index (χ2v) is 1.52. The Morgan fingerprint density at radius 3 is 3.00 bits per heavy atom. The number of carbonyl (C=O) groups excluding carboxylic acids is 1. The summed E-state index contributed by atoms with van der Waals surface area (Å²) in [5.74, 6) is 0. The first-order valence-electron chi connectivity index (χ1n) is 2.55. The molecule has 0 saturated heterocycles. The maximum Gasteiger partial charge on any atom is 0.312 e. The van der Waals surface area contributed by atoms with E-state index in [-0.39, 0.29) is 6.23 Å². The Bertz CT molecular complexity index is 149. The fraction of sp³-hybridized carbons (Fsp3) is 0.167. The smallest absolute Gasteiger partial charge is 0.312 e. The molecule has 1 aliphatic heterocycles. The van der Waals surface area contributed by atoms with E-state index in [2.05, 4.69) is 5.32 Å². The number of allylic oxidation sites excluding steroid dienone is 2. The summed E-state index contributed by atoms with van der Waals surface area (Å²) < 4.78 is 4.88. The molecule has 1 heterocycles. The van der Waals surface area contributed by atoms with Crippen LogP contribution in [-0.2, 0) is 9.53 Å². The van der Waals surface area contributed by atoms with Gasteiger partial charge in [0.2, 0.25) is 0 Å². The van der Waals surface area contributed by atoms with E-state index in [9.17, 15) is 4.79 Å². The van der Waals surface area contributed by atoms with Crippen molar-refractivity contribution in [2.24, 2.45) is 0 Å². The third kappa shape index (κ3) is 1.60. The van der Waals surface area contributed by atoms with E-state index in [0.29, 0.717) is 0 Å². The standard InChI is InChI=1S/C6H6NO2/c8-5-7-6-3-1-2-4-9-6/h1-4,6H,(H,7,8). The molecule has 0 bridgehead atoms. The molecule has 3 nitrogen and oxygen atoms in total. The van der Waals surface area contributed by atoms with Gasteiger partial charge in [-0.15, -0.1) is 0 Å². The minimum atomic E-state index is -0.340. The highest BCUT2D eigenvalue weighted by Gasteiger charge is 2.01. The van der Waals surface area contributed by atoms with Crippen molar-refractivity contribution >= 4 is 6.41 Å². The van der Waals surface area contributed by atoms with Gasteiger partial charge in [-0.2, -0.15) is 0 Å². The van der Waals surface area contributed by atoms with Gasteiger partial charge in [-0.05, 0) is 12.2 Å². The average molecular weight is 124 g/mol. The largest absolute Gasteiger partial charge is 0.475 e. The first kappa shape index (κ1) is 5.88. The van der Waals surface area contributed by atoms with E-state index < -0.39 is 0 Å². The van der Waals surface area contributed by atoms with Crippen molar-refractivity contribution in [2.45, 2.75) is 6.23 Å². The zero-order valence-electron chi connectivity index (χ0n) is 4.70. The van der Waals surface area contributed by atoms with Crippen LogP contribution in [0.2, 0.25) is 0 Å². The molecule has 1 atom stereocenters. The molecule has 1 unspecified atom stereocenters. The summed E-state index contributed by atoms with van der Waals surface area (Å²) in [5.41, 5.74) is 0. The van der Waals surface area contributed by atoms with Crippen molar-refractivity contribution in [3.05, 3.63) is 24.5 Å². The monoisotopic (exact) mass is 124 g/mol. The molecule has 0 aliphatic carbocycles. The lowest BCUT2D eigenvalue weighted by molar-refractivity contribution is 0.169. The zero-order chi connectivity index (χ0) is 6.53. The van der Waals surface area contributed by atoms with Crippen LogP contribution >= 0.6 is 0 Å². The topological polar surface area (TPSA) is 38.3 Å². The van der Waals surface area contributed by atoms with Gasteiger partial charge in [0, 0.05) is 0 Å². The van der Waals surface area contributed by atoms with Gasteiger partial charge in [0.1, 0.15) is 0 Å². The maximum atomic E-state index is 9.70. The van der Waals surface area contributed by atoms with E-state index >= 15 is 0 Å². The number of nitrogens with one attached hydrogen (secondary N) is 1. The lowest BCUT2D eigenvalue weighted by atomic mass is 10.4. The first-order valence-corrected chi connectivity index (χ1v) is 2.55. The van der Waals surface area contributed by atoms with Crippen molar-refractivity contribution in [2.75, 3.05) is 0 Å². The van der Waals surface area contributed by atoms with Gasteiger partial charge in [-0.1, -0.05) is 6.08 Å². The molecule has 3 heteroatoms. The second-order valence-electron chi connectivity index (χ2n) is 1.52. The molecular weight excluding hydrogens is 118 g/mol. The van der Waals surface area contributed by atoms with E-state index in [1.807, 2.05) is 0 Å². The summed E-state index contributed by atoms with van der Waals surface area (Å²) >= 11 is 0. The molecule has 1 rings (SSSR count). The summed E-state index contributed by atoms with van der Waals surface area (Å²) in [6.45, 7) is 0. The molecule has 47 valence electrons. The van der Waals surface area contributed by atoms with Gasteiger partial charge < -0.3 is 10.1 Å². The van der Waals surface area contributed by atoms with Crippen LogP contribution in [0.4, 0.5) is 0 Å². The van der Waals surface area contributed by atoms with Crippen LogP contribution in [0.3, 0.4) is 0 Å². The quantitative estimate of drug-likeness (QED) is 0.529. The highest BCUT2D eigenvalue weighted by atomic mass is 16.5. The third-order valence-corrected chi connectivity index (χ3v) is 0.902. The van der Waals surface area contributed by atoms with Gasteiger partial charge in [-0.25, -0.2) is 0 Å². The highest BCUT2D eigenvalue weighted by molar-refractivity contribution is 5.48. The van der Waals surface area contributed by atoms with Gasteiger partial charge in [-0.3, -0.25) is 4.79 Å². The van der Waals surface area contributed by atoms with Crippen LogP contribution in [-0.4, -0.2) is 12.6 Å². The summed E-state index contributed by atoms with van der Waals surface area (Å²) in [6.07, 6.45) is 7.94. The van der Waals surface area contributed by atoms with Crippen LogP contribution in [0.25, 0.3) is 0 Å². The molecule has 1 amide bonds. The lowest BCUT2D eigenvalue weighted by Gasteiger charge is -2.11. The number of hydrogen-bond acceptors (Lipinski definition) is 2. The number of hydrogen-bond donors (Lipinski definition) is 1. The Kier molecular flexibility index (Phi) is 1.90. The van der Waals surface area contributed by atoms with Crippen molar-refractivity contribution < 1.29 is 9.53 Å². The fourth-order valence-electron chi connectivity index (χ4n) is 0.526. The average Bonchev–Trinajstić information content (AvgIpc) is 1.91. The number of amides is 1. The van der Waals surface area contributed by atoms with Crippen molar-refractivity contribution in [3.8, 4) is 0 Å². The van der Waals surface area contributed by atoms with Crippen LogP contribution in [0, 0.1) is 0 Å². The Morgan fingerprint density at radius 2 is 2.44 bits per heavy atom. The molecule has 0 spiro atoms. The Labute approximate surface area is 53.0 Å². The maximum absolute atomic E-state index is 9.70. The van der Waals surface area contributed by atoms with E-state index in [4.69, 9.17) is 4.74 Å². The molecule has 1 N–H and O–H groups in total. The molecule has 0 aromatic carbocycles. The van der Waals surface area contributed by atoms with E-state index in [0.717, 1.165) is 0 Å². The minimum Gasteiger partial charge on any atom is -0.475 e. The van der Waals surface area contributed by atoms with E-state index in [1.54, 1.807) is 18.2 Å². The van der Waals surface area contributed by atoms with Gasteiger partial charge in [0.05, 0.1) is 6.26 Å². The van der Waals surface area contributed by atoms with Crippen LogP contribution < -0.4 is 5.32 Å². The predicted molar refractivity (Wildman–Crippen MR) is 32.0 cm³/mol. The van der Waals surface area contributed by atoms with Crippen molar-refractivity contribution in [1.82, 2.24) is 5.32 Å². The summed E-state index contributed by atoms with van der Waals surface area (Å²) in [7, 11) is 0. The molecule has 1 aliphatic rings.